The van der Waals surface area contributed by atoms with Crippen molar-refractivity contribution >= 4 is 0 Å². The third kappa shape index (κ3) is 0.639. The number of hydrogen-bond acceptors (Lipinski definition) is 3. The van der Waals surface area contributed by atoms with Gasteiger partial charge in [-0.2, -0.15) is 5.10 Å². The van der Waals surface area contributed by atoms with Gasteiger partial charge in [-0.1, -0.05) is 0 Å². The van der Waals surface area contributed by atoms with E-state index in [0.29, 0.717) is 0 Å². The Kier molecular flexibility index (Phi) is 0.856. The van der Waals surface area contributed by atoms with Crippen molar-refractivity contribution in [3.63, 3.8) is 0 Å². The van der Waals surface area contributed by atoms with Crippen LogP contribution >= 0.6 is 0 Å². The van der Waals surface area contributed by atoms with Crippen molar-refractivity contribution in [3.8, 4) is 0 Å². The van der Waals surface area contributed by atoms with Gasteiger partial charge in [-0.25, -0.2) is 5.01 Å². The molecule has 1 aromatic rings. The number of rotatable bonds is 0. The van der Waals surface area contributed by atoms with Crippen molar-refractivity contribution in [3.05, 3.63) is 17.5 Å². The third-order valence-electron chi connectivity index (χ3n) is 1.54. The molecule has 1 aromatic heterocycles. The molecule has 0 spiro atoms. The van der Waals surface area contributed by atoms with Crippen LogP contribution in [0.25, 0.3) is 0 Å². The molecule has 0 amide bonds. The van der Waals surface area contributed by atoms with Gasteiger partial charge in [0, 0.05) is 18.3 Å². The summed E-state index contributed by atoms with van der Waals surface area (Å²) in [5.41, 5.74) is 2.30. The van der Waals surface area contributed by atoms with E-state index in [-0.39, 0.29) is 0 Å². The molecular formula is C5H8N4. The lowest BCUT2D eigenvalue weighted by Crippen LogP contribution is -2.24. The third-order valence-corrected chi connectivity index (χ3v) is 1.54. The lowest BCUT2D eigenvalue weighted by molar-refractivity contribution is 0.292. The van der Waals surface area contributed by atoms with E-state index in [9.17, 15) is 0 Å². The SMILES string of the molecule is NN1Cc2c[nH]nc2C1. The van der Waals surface area contributed by atoms with Gasteiger partial charge in [0.2, 0.25) is 0 Å². The number of nitrogens with zero attached hydrogens (tertiary/aromatic N) is 2. The minimum Gasteiger partial charge on any atom is -0.285 e. The Balaban J connectivity index is 2.39. The minimum absolute atomic E-state index is 0.777. The summed E-state index contributed by atoms with van der Waals surface area (Å²) >= 11 is 0. The fraction of sp³-hybridized carbons (Fsp3) is 0.400. The average molecular weight is 124 g/mol. The first-order valence-electron chi connectivity index (χ1n) is 2.87. The number of nitrogens with two attached hydrogens (primary N) is 1. The number of fused-ring (bicyclic) bond motifs is 1. The van der Waals surface area contributed by atoms with Crippen LogP contribution in [0.5, 0.6) is 0 Å². The molecule has 1 aliphatic heterocycles. The second-order valence-electron chi connectivity index (χ2n) is 2.26. The summed E-state index contributed by atoms with van der Waals surface area (Å²) in [7, 11) is 0. The van der Waals surface area contributed by atoms with Crippen LogP contribution in [0.15, 0.2) is 6.20 Å². The van der Waals surface area contributed by atoms with Crippen molar-refractivity contribution in [2.45, 2.75) is 13.1 Å². The van der Waals surface area contributed by atoms with E-state index in [1.165, 1.54) is 5.56 Å². The number of hydrogen-bond donors (Lipinski definition) is 2. The lowest BCUT2D eigenvalue weighted by atomic mass is 10.3. The molecule has 4 heteroatoms. The van der Waals surface area contributed by atoms with Crippen LogP contribution in [0.3, 0.4) is 0 Å². The van der Waals surface area contributed by atoms with E-state index < -0.39 is 0 Å². The average Bonchev–Trinajstić information content (AvgIpc) is 2.22. The lowest BCUT2D eigenvalue weighted by Gasteiger charge is -2.02. The van der Waals surface area contributed by atoms with Gasteiger partial charge in [-0.05, 0) is 0 Å². The van der Waals surface area contributed by atoms with Gasteiger partial charge < -0.3 is 0 Å². The van der Waals surface area contributed by atoms with Gasteiger partial charge >= 0.3 is 0 Å². The summed E-state index contributed by atoms with van der Waals surface area (Å²) in [5, 5.41) is 8.53. The zero-order chi connectivity index (χ0) is 6.27. The summed E-state index contributed by atoms with van der Waals surface area (Å²) in [5.74, 6) is 5.51. The number of aromatic nitrogens is 2. The summed E-state index contributed by atoms with van der Waals surface area (Å²) in [6, 6.07) is 0. The van der Waals surface area contributed by atoms with Gasteiger partial charge in [-0.15, -0.1) is 0 Å². The second kappa shape index (κ2) is 1.55. The van der Waals surface area contributed by atoms with Crippen LogP contribution in [0, 0.1) is 0 Å². The van der Waals surface area contributed by atoms with E-state index >= 15 is 0 Å². The molecule has 1 aliphatic rings. The molecule has 0 atom stereocenters. The summed E-state index contributed by atoms with van der Waals surface area (Å²) in [4.78, 5) is 0. The van der Waals surface area contributed by atoms with Crippen molar-refractivity contribution in [2.24, 2.45) is 5.84 Å². The molecule has 0 unspecified atom stereocenters. The quantitative estimate of drug-likeness (QED) is 0.462. The monoisotopic (exact) mass is 124 g/mol. The number of aromatic amines is 1. The van der Waals surface area contributed by atoms with E-state index in [2.05, 4.69) is 10.2 Å². The summed E-state index contributed by atoms with van der Waals surface area (Å²) < 4.78 is 0. The van der Waals surface area contributed by atoms with E-state index in [4.69, 9.17) is 5.84 Å². The van der Waals surface area contributed by atoms with Gasteiger partial charge in [0.15, 0.2) is 0 Å². The number of nitrogens with one attached hydrogen (secondary N) is 1. The van der Waals surface area contributed by atoms with Crippen molar-refractivity contribution < 1.29 is 0 Å². The van der Waals surface area contributed by atoms with Crippen molar-refractivity contribution in [1.82, 2.24) is 15.2 Å². The van der Waals surface area contributed by atoms with E-state index in [1.807, 2.05) is 6.20 Å². The summed E-state index contributed by atoms with van der Waals surface area (Å²) in [6.45, 7) is 1.60. The molecule has 4 nitrogen and oxygen atoms in total. The predicted octanol–water partition coefficient (Wildman–Crippen LogP) is -0.401. The van der Waals surface area contributed by atoms with Crippen LogP contribution < -0.4 is 5.84 Å². The molecule has 0 radical (unpaired) electrons. The van der Waals surface area contributed by atoms with Crippen LogP contribution in [0.2, 0.25) is 0 Å². The van der Waals surface area contributed by atoms with E-state index in [1.54, 1.807) is 5.01 Å². The Morgan fingerprint density at radius 2 is 2.56 bits per heavy atom. The second-order valence-corrected chi connectivity index (χ2v) is 2.26. The molecule has 0 bridgehead atoms. The minimum atomic E-state index is 0.777. The van der Waals surface area contributed by atoms with Crippen LogP contribution in [-0.2, 0) is 13.1 Å². The molecule has 0 saturated heterocycles. The molecular weight excluding hydrogens is 116 g/mol. The van der Waals surface area contributed by atoms with Crippen LogP contribution in [-0.4, -0.2) is 15.2 Å². The molecule has 2 heterocycles. The first-order valence-corrected chi connectivity index (χ1v) is 2.87. The fourth-order valence-electron chi connectivity index (χ4n) is 1.08. The number of H-pyrrole nitrogens is 1. The standard InChI is InChI=1S/C5H8N4/c6-9-2-4-1-7-8-5(4)3-9/h1H,2-3,6H2,(H,7,8). The zero-order valence-electron chi connectivity index (χ0n) is 4.96. The van der Waals surface area contributed by atoms with Crippen LogP contribution in [0.1, 0.15) is 11.3 Å². The zero-order valence-corrected chi connectivity index (χ0v) is 4.96. The van der Waals surface area contributed by atoms with Gasteiger partial charge in [-0.3, -0.25) is 10.9 Å². The maximum Gasteiger partial charge on any atom is 0.0822 e. The Labute approximate surface area is 52.6 Å². The Morgan fingerprint density at radius 1 is 1.67 bits per heavy atom. The highest BCUT2D eigenvalue weighted by molar-refractivity contribution is 5.19. The van der Waals surface area contributed by atoms with Gasteiger partial charge in [0.25, 0.3) is 0 Å². The van der Waals surface area contributed by atoms with Gasteiger partial charge in [0.1, 0.15) is 0 Å². The van der Waals surface area contributed by atoms with Crippen LogP contribution in [0.4, 0.5) is 0 Å². The Morgan fingerprint density at radius 3 is 3.33 bits per heavy atom. The molecule has 0 saturated carbocycles. The first-order chi connectivity index (χ1) is 4.36. The van der Waals surface area contributed by atoms with E-state index in [0.717, 1.165) is 18.8 Å². The molecule has 0 fully saturated rings. The maximum atomic E-state index is 5.51. The Hall–Kier alpha value is -0.870. The molecule has 3 N–H and O–H groups in total. The maximum absolute atomic E-state index is 5.51. The molecule has 0 aromatic carbocycles. The highest BCUT2D eigenvalue weighted by Gasteiger charge is 2.17. The Bertz CT molecular complexity index is 196. The first kappa shape index (κ1) is 4.96. The smallest absolute Gasteiger partial charge is 0.0822 e. The van der Waals surface area contributed by atoms with Crippen molar-refractivity contribution in [2.75, 3.05) is 0 Å². The number of hydrazine groups is 1. The van der Waals surface area contributed by atoms with Crippen molar-refractivity contribution in [1.29, 1.82) is 0 Å². The molecule has 2 rings (SSSR count). The molecule has 0 aliphatic carbocycles. The predicted molar refractivity (Wildman–Crippen MR) is 32.0 cm³/mol. The van der Waals surface area contributed by atoms with Gasteiger partial charge in [0.05, 0.1) is 12.2 Å². The fourth-order valence-corrected chi connectivity index (χ4v) is 1.08. The molecule has 9 heavy (non-hydrogen) atoms. The topological polar surface area (TPSA) is 57.9 Å². The highest BCUT2D eigenvalue weighted by Crippen LogP contribution is 2.15. The summed E-state index contributed by atoms with van der Waals surface area (Å²) in [6.07, 6.45) is 1.89. The highest BCUT2D eigenvalue weighted by atomic mass is 15.4. The largest absolute Gasteiger partial charge is 0.285 e. The molecule has 48 valence electrons. The normalized spacial score (nSPS) is 18.3.